The molecule has 2 heteroatoms. The van der Waals surface area contributed by atoms with E-state index in [1.165, 1.54) is 0 Å². The Kier molecular flexibility index (Phi) is 4.23. The minimum Gasteiger partial charge on any atom is -0.496 e. The van der Waals surface area contributed by atoms with Gasteiger partial charge in [-0.05, 0) is 49.1 Å². The predicted molar refractivity (Wildman–Crippen MR) is 81.7 cm³/mol. The molecule has 104 valence electrons. The van der Waals surface area contributed by atoms with Crippen molar-refractivity contribution in [3.05, 3.63) is 64.2 Å². The Morgan fingerprint density at radius 2 is 1.70 bits per heavy atom. The number of benzene rings is 2. The van der Waals surface area contributed by atoms with E-state index in [1.54, 1.807) is 7.11 Å². The number of hydrogen-bond donors (Lipinski definition) is 0. The molecule has 0 aliphatic rings. The van der Waals surface area contributed by atoms with Gasteiger partial charge in [0.15, 0.2) is 5.78 Å². The summed E-state index contributed by atoms with van der Waals surface area (Å²) >= 11 is 0. The van der Waals surface area contributed by atoms with Crippen LogP contribution in [0.15, 0.2) is 36.4 Å². The fourth-order valence-corrected chi connectivity index (χ4v) is 2.61. The second-order valence-electron chi connectivity index (χ2n) is 4.98. The van der Waals surface area contributed by atoms with Gasteiger partial charge < -0.3 is 4.74 Å². The first-order valence-electron chi connectivity index (χ1n) is 6.86. The molecule has 0 radical (unpaired) electrons. The number of ether oxygens (including phenoxy) is 1. The van der Waals surface area contributed by atoms with Crippen LogP contribution in [0.5, 0.6) is 5.75 Å². The molecule has 0 fully saturated rings. The monoisotopic (exact) mass is 268 g/mol. The Hall–Kier alpha value is -2.09. The third-order valence-electron chi connectivity index (χ3n) is 3.57. The van der Waals surface area contributed by atoms with E-state index in [1.807, 2.05) is 50.2 Å². The van der Waals surface area contributed by atoms with Crippen LogP contribution < -0.4 is 4.74 Å². The van der Waals surface area contributed by atoms with E-state index in [0.717, 1.165) is 40.0 Å². The Labute approximate surface area is 120 Å². The zero-order valence-electron chi connectivity index (χ0n) is 12.5. The van der Waals surface area contributed by atoms with Crippen LogP contribution in [0, 0.1) is 13.8 Å². The number of methoxy groups -OCH3 is 1. The van der Waals surface area contributed by atoms with Crippen LogP contribution in [-0.2, 0) is 6.42 Å². The normalized spacial score (nSPS) is 10.4. The van der Waals surface area contributed by atoms with Gasteiger partial charge in [-0.25, -0.2) is 0 Å². The molecule has 20 heavy (non-hydrogen) atoms. The summed E-state index contributed by atoms with van der Waals surface area (Å²) in [6.45, 7) is 6.00. The molecule has 0 aliphatic heterocycles. The number of hydrogen-bond acceptors (Lipinski definition) is 2. The molecule has 0 atom stereocenters. The molecular weight excluding hydrogens is 248 g/mol. The molecule has 0 aromatic heterocycles. The van der Waals surface area contributed by atoms with E-state index in [0.29, 0.717) is 0 Å². The average Bonchev–Trinajstić information content (AvgIpc) is 2.46. The van der Waals surface area contributed by atoms with Gasteiger partial charge in [-0.15, -0.1) is 0 Å². The van der Waals surface area contributed by atoms with Gasteiger partial charge in [0.2, 0.25) is 0 Å². The smallest absolute Gasteiger partial charge is 0.193 e. The zero-order valence-corrected chi connectivity index (χ0v) is 12.5. The van der Waals surface area contributed by atoms with E-state index in [4.69, 9.17) is 4.74 Å². The van der Waals surface area contributed by atoms with Crippen molar-refractivity contribution < 1.29 is 9.53 Å². The minimum absolute atomic E-state index is 0.0799. The third kappa shape index (κ3) is 2.60. The van der Waals surface area contributed by atoms with Crippen molar-refractivity contribution in [3.8, 4) is 5.75 Å². The van der Waals surface area contributed by atoms with E-state index >= 15 is 0 Å². The lowest BCUT2D eigenvalue weighted by Gasteiger charge is -2.12. The average molecular weight is 268 g/mol. The standard InChI is InChI=1S/C18H20O2/c1-5-14-8-6-7-9-16(14)17(19)15-10-12(2)18(20-4)13(3)11-15/h6-11H,5H2,1-4H3. The molecule has 2 nitrogen and oxygen atoms in total. The van der Waals surface area contributed by atoms with E-state index in [-0.39, 0.29) is 5.78 Å². The maximum atomic E-state index is 12.7. The predicted octanol–water partition coefficient (Wildman–Crippen LogP) is 4.11. The van der Waals surface area contributed by atoms with Crippen molar-refractivity contribution in [1.82, 2.24) is 0 Å². The Morgan fingerprint density at radius 1 is 1.10 bits per heavy atom. The van der Waals surface area contributed by atoms with Gasteiger partial charge in [0.05, 0.1) is 7.11 Å². The van der Waals surface area contributed by atoms with Crippen LogP contribution in [0.1, 0.15) is 39.5 Å². The molecule has 0 bridgehead atoms. The van der Waals surface area contributed by atoms with Crippen molar-refractivity contribution in [2.75, 3.05) is 7.11 Å². The second-order valence-corrected chi connectivity index (χ2v) is 4.98. The maximum Gasteiger partial charge on any atom is 0.193 e. The minimum atomic E-state index is 0.0799. The molecule has 2 aromatic rings. The summed E-state index contributed by atoms with van der Waals surface area (Å²) in [6.07, 6.45) is 0.857. The second kappa shape index (κ2) is 5.91. The molecule has 0 N–H and O–H groups in total. The van der Waals surface area contributed by atoms with Gasteiger partial charge in [0.25, 0.3) is 0 Å². The topological polar surface area (TPSA) is 26.3 Å². The van der Waals surface area contributed by atoms with Crippen molar-refractivity contribution in [1.29, 1.82) is 0 Å². The highest BCUT2D eigenvalue weighted by molar-refractivity contribution is 6.10. The molecule has 0 amide bonds. The van der Waals surface area contributed by atoms with Gasteiger partial charge in [0.1, 0.15) is 5.75 Å². The van der Waals surface area contributed by atoms with Gasteiger partial charge in [-0.3, -0.25) is 4.79 Å². The maximum absolute atomic E-state index is 12.7. The van der Waals surface area contributed by atoms with E-state index in [9.17, 15) is 4.79 Å². The van der Waals surface area contributed by atoms with Crippen molar-refractivity contribution in [3.63, 3.8) is 0 Å². The lowest BCUT2D eigenvalue weighted by molar-refractivity contribution is 0.103. The third-order valence-corrected chi connectivity index (χ3v) is 3.57. The SMILES string of the molecule is CCc1ccccc1C(=O)c1cc(C)c(OC)c(C)c1. The first kappa shape index (κ1) is 14.3. The van der Waals surface area contributed by atoms with E-state index < -0.39 is 0 Å². The molecule has 2 rings (SSSR count). The first-order valence-corrected chi connectivity index (χ1v) is 6.86. The summed E-state index contributed by atoms with van der Waals surface area (Å²) in [4.78, 5) is 12.7. The lowest BCUT2D eigenvalue weighted by Crippen LogP contribution is -2.06. The Balaban J connectivity index is 2.49. The zero-order chi connectivity index (χ0) is 14.7. The molecule has 2 aromatic carbocycles. The van der Waals surface area contributed by atoms with Gasteiger partial charge in [-0.2, -0.15) is 0 Å². The summed E-state index contributed by atoms with van der Waals surface area (Å²) in [5.74, 6) is 0.932. The molecule has 0 saturated carbocycles. The first-order chi connectivity index (χ1) is 9.58. The molecule has 0 saturated heterocycles. The van der Waals surface area contributed by atoms with Gasteiger partial charge in [-0.1, -0.05) is 31.2 Å². The number of carbonyl (C=O) groups excluding carboxylic acids is 1. The molecule has 0 aliphatic carbocycles. The summed E-state index contributed by atoms with van der Waals surface area (Å²) < 4.78 is 5.35. The van der Waals surface area contributed by atoms with E-state index in [2.05, 4.69) is 6.92 Å². The Morgan fingerprint density at radius 3 is 2.25 bits per heavy atom. The van der Waals surface area contributed by atoms with Crippen molar-refractivity contribution in [2.45, 2.75) is 27.2 Å². The van der Waals surface area contributed by atoms with Crippen LogP contribution in [0.4, 0.5) is 0 Å². The van der Waals surface area contributed by atoms with Crippen LogP contribution in [0.25, 0.3) is 0 Å². The summed E-state index contributed by atoms with van der Waals surface area (Å²) in [6, 6.07) is 11.6. The van der Waals surface area contributed by atoms with Crippen LogP contribution >= 0.6 is 0 Å². The van der Waals surface area contributed by atoms with Crippen LogP contribution in [0.3, 0.4) is 0 Å². The highest BCUT2D eigenvalue weighted by Gasteiger charge is 2.15. The number of ketones is 1. The fraction of sp³-hybridized carbons (Fsp3) is 0.278. The highest BCUT2D eigenvalue weighted by atomic mass is 16.5. The molecule has 0 spiro atoms. The Bertz CT molecular complexity index is 619. The number of carbonyl (C=O) groups is 1. The van der Waals surface area contributed by atoms with Crippen molar-refractivity contribution >= 4 is 5.78 Å². The number of rotatable bonds is 4. The van der Waals surface area contributed by atoms with Crippen molar-refractivity contribution in [2.24, 2.45) is 0 Å². The summed E-state index contributed by atoms with van der Waals surface area (Å²) in [7, 11) is 1.66. The highest BCUT2D eigenvalue weighted by Crippen LogP contribution is 2.26. The largest absolute Gasteiger partial charge is 0.496 e. The van der Waals surface area contributed by atoms with Crippen LogP contribution in [-0.4, -0.2) is 12.9 Å². The molecule has 0 unspecified atom stereocenters. The molecule has 0 heterocycles. The lowest BCUT2D eigenvalue weighted by atomic mass is 9.94. The number of aryl methyl sites for hydroxylation is 3. The van der Waals surface area contributed by atoms with Gasteiger partial charge in [0, 0.05) is 11.1 Å². The van der Waals surface area contributed by atoms with Gasteiger partial charge >= 0.3 is 0 Å². The molecular formula is C18H20O2. The fourth-order valence-electron chi connectivity index (χ4n) is 2.61. The summed E-state index contributed by atoms with van der Waals surface area (Å²) in [5.41, 5.74) is 4.58. The van der Waals surface area contributed by atoms with Crippen LogP contribution in [0.2, 0.25) is 0 Å². The quantitative estimate of drug-likeness (QED) is 0.780. The summed E-state index contributed by atoms with van der Waals surface area (Å²) in [5, 5.41) is 0.